The number of ether oxygens (including phenoxy) is 1. The van der Waals surface area contributed by atoms with Gasteiger partial charge in [0.25, 0.3) is 11.6 Å². The summed E-state index contributed by atoms with van der Waals surface area (Å²) in [7, 11) is -3.37. The number of amides is 1. The Labute approximate surface area is 218 Å². The molecule has 1 amide bonds. The molecular weight excluding hydrogens is 528 g/mol. The number of carbonyl (C=O) groups is 1. The molecule has 1 aliphatic rings. The molecule has 0 saturated carbocycles. The van der Waals surface area contributed by atoms with E-state index in [9.17, 15) is 23.3 Å². The molecule has 13 heteroatoms. The molecule has 10 nitrogen and oxygen atoms in total. The summed E-state index contributed by atoms with van der Waals surface area (Å²) in [4.78, 5) is 32.2. The Bertz CT molecular complexity index is 1370. The predicted octanol–water partition coefficient (Wildman–Crippen LogP) is 3.41. The molecule has 0 unspecified atom stereocenters. The first-order valence-corrected chi connectivity index (χ1v) is 13.6. The number of benzene rings is 2. The predicted molar refractivity (Wildman–Crippen MR) is 142 cm³/mol. The van der Waals surface area contributed by atoms with Crippen LogP contribution in [0.1, 0.15) is 5.56 Å². The molecule has 0 N–H and O–H groups in total. The van der Waals surface area contributed by atoms with Crippen molar-refractivity contribution in [1.29, 1.82) is 0 Å². The topological polar surface area (TPSA) is 123 Å². The maximum absolute atomic E-state index is 13.2. The largest absolute Gasteiger partial charge is 0.379 e. The van der Waals surface area contributed by atoms with Gasteiger partial charge in [-0.3, -0.25) is 24.7 Å². The Morgan fingerprint density at radius 2 is 1.92 bits per heavy atom. The fourth-order valence-electron chi connectivity index (χ4n) is 3.57. The molecule has 1 saturated heterocycles. The minimum absolute atomic E-state index is 0. The summed E-state index contributed by atoms with van der Waals surface area (Å²) in [6.07, 6.45) is 4.16. The summed E-state index contributed by atoms with van der Waals surface area (Å²) in [5, 5.41) is 11.3. The maximum Gasteiger partial charge on any atom is 0.269 e. The average Bonchev–Trinajstić information content (AvgIpc) is 3.26. The van der Waals surface area contributed by atoms with Crippen molar-refractivity contribution in [2.24, 2.45) is 0 Å². The molecule has 36 heavy (non-hydrogen) atoms. The number of hydrogen-bond donors (Lipinski definition) is 0. The molecule has 0 bridgehead atoms. The number of nitrogens with zero attached hydrogens (tertiary/aromatic N) is 4. The molecule has 0 aliphatic carbocycles. The van der Waals surface area contributed by atoms with Crippen molar-refractivity contribution in [3.8, 4) is 0 Å². The SMILES string of the molecule is CS(=O)(=O)c1ccc2nc(N(CCN3CCOCC3)C(=O)C=Cc3ccc([N+](=O)[O-])cc3)sc2c1.Cl. The molecule has 2 heterocycles. The summed E-state index contributed by atoms with van der Waals surface area (Å²) >= 11 is 1.25. The smallest absolute Gasteiger partial charge is 0.269 e. The molecule has 0 spiro atoms. The van der Waals surface area contributed by atoms with E-state index in [0.29, 0.717) is 47.2 Å². The lowest BCUT2D eigenvalue weighted by molar-refractivity contribution is -0.384. The van der Waals surface area contributed by atoms with Crippen LogP contribution in [0.5, 0.6) is 0 Å². The van der Waals surface area contributed by atoms with Crippen molar-refractivity contribution in [3.05, 3.63) is 64.2 Å². The number of rotatable bonds is 8. The van der Waals surface area contributed by atoms with Crippen molar-refractivity contribution in [1.82, 2.24) is 9.88 Å². The van der Waals surface area contributed by atoms with E-state index in [0.717, 1.165) is 19.3 Å². The molecule has 0 radical (unpaired) electrons. The second-order valence-corrected chi connectivity index (χ2v) is 11.0. The zero-order valence-electron chi connectivity index (χ0n) is 19.4. The highest BCUT2D eigenvalue weighted by Gasteiger charge is 2.21. The van der Waals surface area contributed by atoms with Gasteiger partial charge in [0.05, 0.1) is 33.2 Å². The number of hydrogen-bond acceptors (Lipinski definition) is 9. The van der Waals surface area contributed by atoms with E-state index in [2.05, 4.69) is 9.88 Å². The van der Waals surface area contributed by atoms with Crippen molar-refractivity contribution < 1.29 is 22.9 Å². The van der Waals surface area contributed by atoms with Crippen LogP contribution in [0.2, 0.25) is 0 Å². The van der Waals surface area contributed by atoms with Crippen molar-refractivity contribution in [3.63, 3.8) is 0 Å². The van der Waals surface area contributed by atoms with Gasteiger partial charge in [0.15, 0.2) is 15.0 Å². The first-order valence-electron chi connectivity index (χ1n) is 10.9. The molecule has 1 aliphatic heterocycles. The molecule has 3 aromatic rings. The van der Waals surface area contributed by atoms with E-state index in [1.807, 2.05) is 0 Å². The number of morpholine rings is 1. The normalized spacial score (nSPS) is 14.6. The lowest BCUT2D eigenvalue weighted by atomic mass is 10.2. The zero-order chi connectivity index (χ0) is 25.0. The first-order chi connectivity index (χ1) is 16.7. The van der Waals surface area contributed by atoms with Gasteiger partial charge in [-0.25, -0.2) is 13.4 Å². The Hall–Kier alpha value is -2.90. The number of aromatic nitrogens is 1. The van der Waals surface area contributed by atoms with Crippen molar-refractivity contribution >= 4 is 66.6 Å². The van der Waals surface area contributed by atoms with Gasteiger partial charge in [-0.15, -0.1) is 12.4 Å². The quantitative estimate of drug-likeness (QED) is 0.237. The highest BCUT2D eigenvalue weighted by Crippen LogP contribution is 2.31. The molecule has 1 aromatic heterocycles. The van der Waals surface area contributed by atoms with Crippen molar-refractivity contribution in [2.75, 3.05) is 50.5 Å². The Morgan fingerprint density at radius 1 is 1.22 bits per heavy atom. The van der Waals surface area contributed by atoms with Gasteiger partial charge in [0, 0.05) is 50.6 Å². The molecule has 1 fully saturated rings. The Balaban J connectivity index is 0.00000361. The summed E-state index contributed by atoms with van der Waals surface area (Å²) in [5.41, 5.74) is 1.24. The van der Waals surface area contributed by atoms with Crippen LogP contribution < -0.4 is 4.90 Å². The van der Waals surface area contributed by atoms with Gasteiger partial charge < -0.3 is 4.74 Å². The van der Waals surface area contributed by atoms with Crippen LogP contribution in [0.3, 0.4) is 0 Å². The third kappa shape index (κ3) is 6.86. The van der Waals surface area contributed by atoms with Gasteiger partial charge in [0.2, 0.25) is 0 Å². The monoisotopic (exact) mass is 552 g/mol. The summed E-state index contributed by atoms with van der Waals surface area (Å²) in [6.45, 7) is 3.86. The summed E-state index contributed by atoms with van der Waals surface area (Å²) in [5.74, 6) is -0.293. The Kier molecular flexibility index (Phi) is 9.14. The van der Waals surface area contributed by atoms with Crippen LogP contribution in [0.4, 0.5) is 10.8 Å². The molecule has 4 rings (SSSR count). The van der Waals surface area contributed by atoms with E-state index < -0.39 is 14.8 Å². The molecule has 2 aromatic carbocycles. The highest BCUT2D eigenvalue weighted by atomic mass is 35.5. The van der Waals surface area contributed by atoms with E-state index in [1.165, 1.54) is 35.6 Å². The fraction of sp³-hybridized carbons (Fsp3) is 0.304. The zero-order valence-corrected chi connectivity index (χ0v) is 21.9. The van der Waals surface area contributed by atoms with Gasteiger partial charge in [-0.05, 0) is 42.0 Å². The number of sulfone groups is 1. The van der Waals surface area contributed by atoms with Gasteiger partial charge in [-0.2, -0.15) is 0 Å². The van der Waals surface area contributed by atoms with E-state index in [4.69, 9.17) is 4.74 Å². The number of thiazole rings is 1. The van der Waals surface area contributed by atoms with Crippen LogP contribution >= 0.6 is 23.7 Å². The van der Waals surface area contributed by atoms with Gasteiger partial charge in [-0.1, -0.05) is 11.3 Å². The number of carbonyl (C=O) groups excluding carboxylic acids is 1. The van der Waals surface area contributed by atoms with Crippen LogP contribution in [0.25, 0.3) is 16.3 Å². The number of nitro groups is 1. The maximum atomic E-state index is 13.2. The van der Waals surface area contributed by atoms with Crippen LogP contribution in [-0.2, 0) is 19.4 Å². The first kappa shape index (κ1) is 27.7. The van der Waals surface area contributed by atoms with E-state index in [-0.39, 0.29) is 28.9 Å². The van der Waals surface area contributed by atoms with Crippen LogP contribution in [0.15, 0.2) is 53.4 Å². The standard InChI is InChI=1S/C23H24N4O6S2.ClH/c1-35(31,32)19-7-8-20-21(16-19)34-23(24-20)26(11-10-25-12-14-33-15-13-25)22(28)9-4-17-2-5-18(6-3-17)27(29)30;/h2-9,16H,10-15H2,1H3;1H. The second kappa shape index (κ2) is 11.9. The lowest BCUT2D eigenvalue weighted by Gasteiger charge is -2.28. The number of nitro benzene ring substituents is 1. The van der Waals surface area contributed by atoms with Crippen LogP contribution in [-0.4, -0.2) is 74.8 Å². The number of halogens is 1. The highest BCUT2D eigenvalue weighted by molar-refractivity contribution is 7.90. The summed E-state index contributed by atoms with van der Waals surface area (Å²) in [6, 6.07) is 10.6. The minimum Gasteiger partial charge on any atom is -0.379 e. The van der Waals surface area contributed by atoms with Crippen LogP contribution in [0, 0.1) is 10.1 Å². The van der Waals surface area contributed by atoms with E-state index >= 15 is 0 Å². The third-order valence-electron chi connectivity index (χ3n) is 5.54. The molecule has 0 atom stereocenters. The average molecular weight is 553 g/mol. The lowest BCUT2D eigenvalue weighted by Crippen LogP contribution is -2.42. The number of fused-ring (bicyclic) bond motifs is 1. The number of non-ortho nitro benzene ring substituents is 1. The second-order valence-electron chi connectivity index (χ2n) is 8.02. The summed E-state index contributed by atoms with van der Waals surface area (Å²) < 4.78 is 29.9. The minimum atomic E-state index is -3.37. The molecule has 192 valence electrons. The van der Waals surface area contributed by atoms with Crippen molar-refractivity contribution in [2.45, 2.75) is 4.90 Å². The van der Waals surface area contributed by atoms with Gasteiger partial charge >= 0.3 is 0 Å². The third-order valence-corrected chi connectivity index (χ3v) is 7.69. The number of anilines is 1. The van der Waals surface area contributed by atoms with Gasteiger partial charge in [0.1, 0.15) is 0 Å². The fourth-order valence-corrected chi connectivity index (χ4v) is 5.33. The molecular formula is C23H25ClN4O6S2. The Morgan fingerprint density at radius 3 is 2.56 bits per heavy atom. The van der Waals surface area contributed by atoms with E-state index in [1.54, 1.807) is 35.2 Å².